The van der Waals surface area contributed by atoms with Crippen molar-refractivity contribution in [1.82, 2.24) is 4.90 Å². The Morgan fingerprint density at radius 2 is 1.93 bits per heavy atom. The summed E-state index contributed by atoms with van der Waals surface area (Å²) in [6.07, 6.45) is 1.76. The van der Waals surface area contributed by atoms with Crippen LogP contribution < -0.4 is 0 Å². The number of nitro groups is 1. The number of rotatable bonds is 3. The van der Waals surface area contributed by atoms with Gasteiger partial charge in [0.1, 0.15) is 11.5 Å². The summed E-state index contributed by atoms with van der Waals surface area (Å²) in [5.41, 5.74) is 0.356. The van der Waals surface area contributed by atoms with Crippen molar-refractivity contribution in [1.29, 1.82) is 0 Å². The van der Waals surface area contributed by atoms with E-state index in [2.05, 4.69) is 9.89 Å². The molecule has 3 heterocycles. The highest BCUT2D eigenvalue weighted by Gasteiger charge is 2.31. The van der Waals surface area contributed by atoms with E-state index in [1.54, 1.807) is 36.4 Å². The average Bonchev–Trinajstić information content (AvgIpc) is 3.28. The number of amidine groups is 1. The minimum Gasteiger partial charge on any atom is -0.456 e. The lowest BCUT2D eigenvalue weighted by Gasteiger charge is -2.35. The molecule has 2 atom stereocenters. The van der Waals surface area contributed by atoms with Crippen molar-refractivity contribution in [3.63, 3.8) is 0 Å². The van der Waals surface area contributed by atoms with Crippen molar-refractivity contribution in [2.45, 2.75) is 26.1 Å². The first-order chi connectivity index (χ1) is 13.9. The van der Waals surface area contributed by atoms with E-state index < -0.39 is 4.92 Å². The van der Waals surface area contributed by atoms with E-state index in [1.807, 2.05) is 13.8 Å². The van der Waals surface area contributed by atoms with Crippen molar-refractivity contribution in [2.24, 2.45) is 4.99 Å². The summed E-state index contributed by atoms with van der Waals surface area (Å²) >= 11 is 1.30. The minimum absolute atomic E-state index is 0.0338. The summed E-state index contributed by atoms with van der Waals surface area (Å²) < 4.78 is 11.5. The quantitative estimate of drug-likeness (QED) is 0.427. The van der Waals surface area contributed by atoms with Gasteiger partial charge in [0, 0.05) is 25.2 Å². The van der Waals surface area contributed by atoms with Gasteiger partial charge < -0.3 is 14.1 Å². The number of morpholine rings is 1. The number of amides is 1. The molecule has 8 nitrogen and oxygen atoms in total. The first-order valence-electron chi connectivity index (χ1n) is 9.17. The number of ether oxygens (including phenoxy) is 1. The molecule has 0 unspecified atom stereocenters. The van der Waals surface area contributed by atoms with Crippen LogP contribution in [0.5, 0.6) is 0 Å². The predicted molar refractivity (Wildman–Crippen MR) is 110 cm³/mol. The number of hydrogen-bond donors (Lipinski definition) is 0. The second kappa shape index (κ2) is 7.84. The van der Waals surface area contributed by atoms with E-state index in [0.717, 1.165) is 0 Å². The number of para-hydroxylation sites is 1. The molecule has 0 bridgehead atoms. The van der Waals surface area contributed by atoms with Crippen LogP contribution in [-0.4, -0.2) is 46.2 Å². The lowest BCUT2D eigenvalue weighted by molar-refractivity contribution is -0.384. The van der Waals surface area contributed by atoms with Crippen LogP contribution in [0.15, 0.2) is 50.7 Å². The summed E-state index contributed by atoms with van der Waals surface area (Å²) in [4.78, 5) is 29.8. The van der Waals surface area contributed by atoms with Gasteiger partial charge in [0.05, 0.1) is 27.6 Å². The third-order valence-electron chi connectivity index (χ3n) is 4.57. The smallest absolute Gasteiger partial charge is 0.286 e. The molecule has 150 valence electrons. The number of hydrogen-bond acceptors (Lipinski definition) is 7. The Morgan fingerprint density at radius 3 is 2.66 bits per heavy atom. The SMILES string of the molecule is C[C@@H]1CN(C2=NC(=O)/C(=C\c3ccc(-c4ccccc4[N+](=O)[O-])o3)S2)C[C@H](C)O1. The molecule has 0 aliphatic carbocycles. The molecule has 4 rings (SSSR count). The number of thioether (sulfide) groups is 1. The van der Waals surface area contributed by atoms with Gasteiger partial charge in [0.2, 0.25) is 0 Å². The van der Waals surface area contributed by atoms with Gasteiger partial charge in [0.25, 0.3) is 11.6 Å². The van der Waals surface area contributed by atoms with Gasteiger partial charge in [-0.25, -0.2) is 0 Å². The Morgan fingerprint density at radius 1 is 1.21 bits per heavy atom. The minimum atomic E-state index is -0.448. The van der Waals surface area contributed by atoms with E-state index in [-0.39, 0.29) is 23.8 Å². The zero-order chi connectivity index (χ0) is 20.5. The maximum atomic E-state index is 12.3. The van der Waals surface area contributed by atoms with Crippen molar-refractivity contribution in [2.75, 3.05) is 13.1 Å². The molecule has 29 heavy (non-hydrogen) atoms. The lowest BCUT2D eigenvalue weighted by Crippen LogP contribution is -2.47. The van der Waals surface area contributed by atoms with E-state index >= 15 is 0 Å². The van der Waals surface area contributed by atoms with Gasteiger partial charge in [0.15, 0.2) is 5.17 Å². The molecular weight excluding hydrogens is 394 g/mol. The van der Waals surface area contributed by atoms with Gasteiger partial charge in [-0.3, -0.25) is 14.9 Å². The Hall–Kier alpha value is -2.91. The molecular formula is C20H19N3O5S. The highest BCUT2D eigenvalue weighted by atomic mass is 32.2. The summed E-state index contributed by atoms with van der Waals surface area (Å²) in [5, 5.41) is 11.9. The summed E-state index contributed by atoms with van der Waals surface area (Å²) in [6.45, 7) is 5.35. The van der Waals surface area contributed by atoms with Crippen LogP contribution in [0.25, 0.3) is 17.4 Å². The molecule has 1 fully saturated rings. The largest absolute Gasteiger partial charge is 0.456 e. The molecule has 0 spiro atoms. The van der Waals surface area contributed by atoms with E-state index in [9.17, 15) is 14.9 Å². The predicted octanol–water partition coefficient (Wildman–Crippen LogP) is 3.93. The molecule has 1 amide bonds. The van der Waals surface area contributed by atoms with Gasteiger partial charge >= 0.3 is 0 Å². The number of nitrogens with zero attached hydrogens (tertiary/aromatic N) is 3. The monoisotopic (exact) mass is 413 g/mol. The Kier molecular flexibility index (Phi) is 5.25. The second-order valence-electron chi connectivity index (χ2n) is 6.95. The van der Waals surface area contributed by atoms with E-state index in [1.165, 1.54) is 17.8 Å². The summed E-state index contributed by atoms with van der Waals surface area (Å²) in [5.74, 6) is 0.492. The van der Waals surface area contributed by atoms with E-state index in [4.69, 9.17) is 9.15 Å². The van der Waals surface area contributed by atoms with Crippen LogP contribution >= 0.6 is 11.8 Å². The Bertz CT molecular complexity index is 1020. The van der Waals surface area contributed by atoms with Gasteiger partial charge in [-0.15, -0.1) is 0 Å². The van der Waals surface area contributed by atoms with Crippen molar-refractivity contribution in [3.8, 4) is 11.3 Å². The zero-order valence-corrected chi connectivity index (χ0v) is 16.7. The molecule has 0 saturated carbocycles. The average molecular weight is 413 g/mol. The topological polar surface area (TPSA) is 98.2 Å². The molecule has 2 aromatic rings. The van der Waals surface area contributed by atoms with Crippen LogP contribution in [0.2, 0.25) is 0 Å². The van der Waals surface area contributed by atoms with Crippen molar-refractivity contribution >= 4 is 34.6 Å². The molecule has 0 N–H and O–H groups in total. The highest BCUT2D eigenvalue weighted by molar-refractivity contribution is 8.18. The molecule has 2 aliphatic rings. The highest BCUT2D eigenvalue weighted by Crippen LogP contribution is 2.34. The van der Waals surface area contributed by atoms with Crippen LogP contribution in [0.4, 0.5) is 5.69 Å². The zero-order valence-electron chi connectivity index (χ0n) is 15.9. The van der Waals surface area contributed by atoms with Gasteiger partial charge in [-0.1, -0.05) is 12.1 Å². The number of aliphatic imine (C=N–C) groups is 1. The fourth-order valence-electron chi connectivity index (χ4n) is 3.41. The lowest BCUT2D eigenvalue weighted by atomic mass is 10.1. The maximum Gasteiger partial charge on any atom is 0.286 e. The summed E-state index contributed by atoms with van der Waals surface area (Å²) in [6, 6.07) is 9.72. The molecule has 2 aliphatic heterocycles. The Balaban J connectivity index is 1.53. The maximum absolute atomic E-state index is 12.3. The fraction of sp³-hybridized carbons (Fsp3) is 0.300. The number of nitro benzene ring substituents is 1. The number of carbonyl (C=O) groups is 1. The summed E-state index contributed by atoms with van der Waals surface area (Å²) in [7, 11) is 0. The number of benzene rings is 1. The third kappa shape index (κ3) is 4.10. The third-order valence-corrected chi connectivity index (χ3v) is 5.61. The van der Waals surface area contributed by atoms with Crippen molar-refractivity contribution in [3.05, 3.63) is 57.2 Å². The molecule has 1 saturated heterocycles. The molecule has 1 aromatic carbocycles. The first kappa shape index (κ1) is 19.4. The molecule has 9 heteroatoms. The standard InChI is InChI=1S/C20H19N3O5S/c1-12-10-22(11-13(2)27-12)20-21-19(24)18(29-20)9-14-7-8-17(28-14)15-5-3-4-6-16(15)23(25)26/h3-9,12-13H,10-11H2,1-2H3/b18-9+/t12-,13+. The van der Waals surface area contributed by atoms with Crippen molar-refractivity contribution < 1.29 is 18.9 Å². The molecule has 0 radical (unpaired) electrons. The first-order valence-corrected chi connectivity index (χ1v) is 9.99. The fourth-order valence-corrected chi connectivity index (χ4v) is 4.32. The number of furan rings is 1. The normalized spacial score (nSPS) is 23.5. The Labute approximate surface area is 171 Å². The van der Waals surface area contributed by atoms with Crippen LogP contribution in [0.1, 0.15) is 19.6 Å². The van der Waals surface area contributed by atoms with Gasteiger partial charge in [-0.2, -0.15) is 4.99 Å². The van der Waals surface area contributed by atoms with Crippen LogP contribution in [-0.2, 0) is 9.53 Å². The van der Waals surface area contributed by atoms with Crippen LogP contribution in [0.3, 0.4) is 0 Å². The number of carbonyl (C=O) groups excluding carboxylic acids is 1. The van der Waals surface area contributed by atoms with Crippen LogP contribution in [0, 0.1) is 10.1 Å². The second-order valence-corrected chi connectivity index (χ2v) is 7.96. The van der Waals surface area contributed by atoms with E-state index in [0.29, 0.717) is 40.2 Å². The van der Waals surface area contributed by atoms with Gasteiger partial charge in [-0.05, 0) is 43.8 Å². The molecule has 1 aromatic heterocycles.